The van der Waals surface area contributed by atoms with Gasteiger partial charge in [0.05, 0.1) is 31.4 Å². The predicted octanol–water partition coefficient (Wildman–Crippen LogP) is 4.63. The summed E-state index contributed by atoms with van der Waals surface area (Å²) in [5.74, 6) is -0.115. The van der Waals surface area contributed by atoms with Gasteiger partial charge in [0.15, 0.2) is 11.8 Å². The molecule has 3 aliphatic rings. The zero-order chi connectivity index (χ0) is 36.8. The number of nitrogens with one attached hydrogen (secondary N) is 1. The Morgan fingerprint density at radius 3 is 2.72 bits per heavy atom. The predicted molar refractivity (Wildman–Crippen MR) is 195 cm³/mol. The molecule has 0 aliphatic carbocycles. The number of ether oxygens (including phenoxy) is 6. The number of hydrogen-bond donors (Lipinski definition) is 3. The molecule has 1 amide bonds. The third-order valence-corrected chi connectivity index (χ3v) is 11.8. The Hall–Kier alpha value is -1.85. The first-order valence-electron chi connectivity index (χ1n) is 16.7. The average molecular weight is 759 g/mol. The number of carbonyl (C=O) groups excluding carboxylic acids is 2. The maximum Gasteiger partial charge on any atom is 0.335 e. The minimum absolute atomic E-state index is 0.0443. The highest BCUT2D eigenvalue weighted by Crippen LogP contribution is 2.49. The molecule has 4 rings (SSSR count). The molecule has 50 heavy (non-hydrogen) atoms. The van der Waals surface area contributed by atoms with E-state index in [1.54, 1.807) is 54.6 Å². The van der Waals surface area contributed by atoms with Gasteiger partial charge >= 0.3 is 5.97 Å². The lowest BCUT2D eigenvalue weighted by Crippen LogP contribution is -2.65. The van der Waals surface area contributed by atoms with E-state index < -0.39 is 60.1 Å². The Morgan fingerprint density at radius 1 is 1.30 bits per heavy atom. The molecule has 2 fully saturated rings. The van der Waals surface area contributed by atoms with Crippen molar-refractivity contribution >= 4 is 50.8 Å². The van der Waals surface area contributed by atoms with Gasteiger partial charge in [0.25, 0.3) is 0 Å². The Labute approximate surface area is 307 Å². The van der Waals surface area contributed by atoms with Crippen molar-refractivity contribution in [2.24, 2.45) is 5.92 Å². The number of fused-ring (bicyclic) bond motifs is 5. The molecule has 4 bridgehead atoms. The van der Waals surface area contributed by atoms with Gasteiger partial charge in [0.2, 0.25) is 12.3 Å². The van der Waals surface area contributed by atoms with Crippen LogP contribution in [0, 0.1) is 5.92 Å². The van der Waals surface area contributed by atoms with Crippen LogP contribution in [0.25, 0.3) is 0 Å². The van der Waals surface area contributed by atoms with Gasteiger partial charge in [-0.15, -0.1) is 0 Å². The van der Waals surface area contributed by atoms with Gasteiger partial charge in [-0.25, -0.2) is 10.1 Å². The molecule has 0 saturated carbocycles. The van der Waals surface area contributed by atoms with Gasteiger partial charge in [0.1, 0.15) is 28.6 Å². The van der Waals surface area contributed by atoms with Crippen molar-refractivity contribution in [3.05, 3.63) is 46.5 Å². The molecule has 0 spiro atoms. The summed E-state index contributed by atoms with van der Waals surface area (Å²) in [6.45, 7) is 7.60. The van der Waals surface area contributed by atoms with E-state index in [4.69, 9.17) is 40.0 Å². The van der Waals surface area contributed by atoms with Gasteiger partial charge in [-0.1, -0.05) is 63.9 Å². The highest BCUT2D eigenvalue weighted by Gasteiger charge is 2.64. The SMILES string of the molecule is COc1cc2cc(c1Cl)N(C)C(=O)C[C@H](OC(=O)[C@H](C)OCCCSSC)[C@]1(C)O[C@H]1[C@H](C)[C@@H]1C[C@@](O)(NC(O)O1)[C@H](OC)/C=C/C=C(\C)C2. The van der Waals surface area contributed by atoms with Crippen LogP contribution in [0.15, 0.2) is 35.9 Å². The number of halogens is 1. The number of carbonyl (C=O) groups is 2. The van der Waals surface area contributed by atoms with Crippen LogP contribution < -0.4 is 15.0 Å². The van der Waals surface area contributed by atoms with Crippen LogP contribution in [0.4, 0.5) is 5.69 Å². The van der Waals surface area contributed by atoms with Gasteiger partial charge < -0.3 is 43.5 Å². The number of nitrogens with zero attached hydrogens (tertiary/aromatic N) is 1. The fourth-order valence-corrected chi connectivity index (χ4v) is 8.05. The molecule has 12 nitrogen and oxygen atoms in total. The minimum atomic E-state index is -1.69. The zero-order valence-corrected chi connectivity index (χ0v) is 32.4. The standard InChI is InChI=1S/C35H51ClN2O10S2/c1-20-11-9-12-27(44-7)35(42)19-26(46-33(41)37-35)21(2)31-34(4,48-31)28(47-32(40)22(3)45-13-10-14-50-49-8)18-29(39)38(5)24-16-23(15-20)17-25(43-6)30(24)36/h9,11-12,16-17,21-22,26-28,31,33,37,41-42H,10,13-15,18-19H2,1-8H3/b12-9+,20-11+/t21-,22+,26+,27-,28+,31+,33?,34+,35+/m1/s1. The molecule has 1 aromatic rings. The molecule has 15 heteroatoms. The van der Waals surface area contributed by atoms with Crippen LogP contribution in [-0.4, -0.2) is 110 Å². The van der Waals surface area contributed by atoms with Crippen molar-refractivity contribution in [2.75, 3.05) is 44.8 Å². The normalized spacial score (nSPS) is 34.3. The summed E-state index contributed by atoms with van der Waals surface area (Å²) in [6, 6.07) is 3.65. The maximum atomic E-state index is 14.0. The lowest BCUT2D eigenvalue weighted by molar-refractivity contribution is -0.270. The molecule has 3 heterocycles. The van der Waals surface area contributed by atoms with E-state index in [9.17, 15) is 19.8 Å². The molecular weight excluding hydrogens is 708 g/mol. The van der Waals surface area contributed by atoms with E-state index in [0.717, 1.165) is 23.3 Å². The van der Waals surface area contributed by atoms with Crippen molar-refractivity contribution in [1.82, 2.24) is 5.32 Å². The second-order valence-electron chi connectivity index (χ2n) is 13.2. The number of methoxy groups -OCH3 is 2. The summed E-state index contributed by atoms with van der Waals surface area (Å²) in [5, 5.41) is 25.4. The molecular formula is C35H51ClN2O10S2. The Bertz CT molecular complexity index is 1420. The first-order chi connectivity index (χ1) is 23.7. The zero-order valence-electron chi connectivity index (χ0n) is 30.0. The molecule has 0 radical (unpaired) electrons. The number of aliphatic hydroxyl groups excluding tert-OH is 1. The lowest BCUT2D eigenvalue weighted by atomic mass is 9.83. The molecule has 9 atom stereocenters. The minimum Gasteiger partial charge on any atom is -0.495 e. The topological polar surface area (TPSA) is 149 Å². The van der Waals surface area contributed by atoms with E-state index in [-0.39, 0.29) is 23.8 Å². The third-order valence-electron chi connectivity index (χ3n) is 9.50. The number of hydrogen-bond acceptors (Lipinski definition) is 13. The van der Waals surface area contributed by atoms with Crippen LogP contribution in [0.5, 0.6) is 5.75 Å². The monoisotopic (exact) mass is 758 g/mol. The number of epoxide rings is 1. The summed E-state index contributed by atoms with van der Waals surface area (Å²) < 4.78 is 35.2. The fraction of sp³-hybridized carbons (Fsp3) is 0.657. The van der Waals surface area contributed by atoms with Crippen molar-refractivity contribution in [3.8, 4) is 5.75 Å². The first-order valence-corrected chi connectivity index (χ1v) is 19.8. The summed E-state index contributed by atoms with van der Waals surface area (Å²) in [7, 11) is 7.98. The maximum absolute atomic E-state index is 14.0. The first kappa shape index (κ1) is 40.9. The molecule has 280 valence electrons. The lowest BCUT2D eigenvalue weighted by Gasteiger charge is -2.44. The summed E-state index contributed by atoms with van der Waals surface area (Å²) >= 11 is 6.75. The third kappa shape index (κ3) is 9.77. The van der Waals surface area contributed by atoms with Crippen LogP contribution in [0.2, 0.25) is 5.02 Å². The van der Waals surface area contributed by atoms with Crippen molar-refractivity contribution in [3.63, 3.8) is 0 Å². The van der Waals surface area contributed by atoms with Crippen molar-refractivity contribution in [2.45, 2.75) is 102 Å². The van der Waals surface area contributed by atoms with Gasteiger partial charge in [-0.05, 0) is 57.6 Å². The highest BCUT2D eigenvalue weighted by molar-refractivity contribution is 8.76. The summed E-state index contributed by atoms with van der Waals surface area (Å²) in [4.78, 5) is 28.9. The van der Waals surface area contributed by atoms with Crippen LogP contribution in [-0.2, 0) is 39.7 Å². The Kier molecular flexibility index (Phi) is 14.6. The van der Waals surface area contributed by atoms with Crippen LogP contribution in [0.1, 0.15) is 52.5 Å². The van der Waals surface area contributed by atoms with Crippen LogP contribution in [0.3, 0.4) is 0 Å². The molecule has 3 aliphatic heterocycles. The highest BCUT2D eigenvalue weighted by atomic mass is 35.5. The van der Waals surface area contributed by atoms with E-state index in [1.807, 2.05) is 38.3 Å². The average Bonchev–Trinajstić information content (AvgIpc) is 3.77. The number of allylic oxidation sites excluding steroid dienone is 3. The van der Waals surface area contributed by atoms with Gasteiger partial charge in [-0.2, -0.15) is 0 Å². The quantitative estimate of drug-likeness (QED) is 0.132. The van der Waals surface area contributed by atoms with Gasteiger partial charge in [0, 0.05) is 38.9 Å². The summed E-state index contributed by atoms with van der Waals surface area (Å²) in [5.41, 5.74) is -0.551. The van der Waals surface area contributed by atoms with Crippen molar-refractivity contribution < 1.29 is 48.2 Å². The fourth-order valence-electron chi connectivity index (χ4n) is 6.48. The second-order valence-corrected chi connectivity index (χ2v) is 16.2. The molecule has 1 aromatic carbocycles. The van der Waals surface area contributed by atoms with E-state index >= 15 is 0 Å². The number of amides is 1. The molecule has 0 aromatic heterocycles. The number of aliphatic hydroxyl groups is 2. The number of benzene rings is 1. The molecule has 2 saturated heterocycles. The Balaban J connectivity index is 1.71. The van der Waals surface area contributed by atoms with Crippen LogP contribution >= 0.6 is 33.2 Å². The van der Waals surface area contributed by atoms with E-state index in [1.165, 1.54) is 19.1 Å². The number of esters is 1. The summed E-state index contributed by atoms with van der Waals surface area (Å²) in [6.07, 6.45) is 2.98. The smallest absolute Gasteiger partial charge is 0.335 e. The molecule has 3 N–H and O–H groups in total. The van der Waals surface area contributed by atoms with E-state index in [2.05, 4.69) is 5.32 Å². The number of anilines is 1. The second kappa shape index (κ2) is 17.8. The largest absolute Gasteiger partial charge is 0.495 e. The van der Waals surface area contributed by atoms with E-state index in [0.29, 0.717) is 24.5 Å². The number of rotatable bonds is 10. The Morgan fingerprint density at radius 2 is 2.04 bits per heavy atom. The van der Waals surface area contributed by atoms with Gasteiger partial charge in [-0.3, -0.25) is 4.79 Å². The van der Waals surface area contributed by atoms with Crippen molar-refractivity contribution in [1.29, 1.82) is 0 Å². The molecule has 1 unspecified atom stereocenters.